The van der Waals surface area contributed by atoms with Crippen molar-refractivity contribution in [3.8, 4) is 0 Å². The lowest BCUT2D eigenvalue weighted by Gasteiger charge is -2.27. The summed E-state index contributed by atoms with van der Waals surface area (Å²) >= 11 is 0. The fourth-order valence-electron chi connectivity index (χ4n) is 1.74. The average Bonchev–Trinajstić information content (AvgIpc) is 2.20. The van der Waals surface area contributed by atoms with Crippen molar-refractivity contribution in [1.82, 2.24) is 4.72 Å². The van der Waals surface area contributed by atoms with Crippen LogP contribution in [0.2, 0.25) is 0 Å². The number of nitrogens with one attached hydrogen (secondary N) is 1. The predicted molar refractivity (Wildman–Crippen MR) is 57.2 cm³/mol. The van der Waals surface area contributed by atoms with Gasteiger partial charge in [0.15, 0.2) is 5.75 Å². The Morgan fingerprint density at radius 3 is 2.62 bits per heavy atom. The predicted octanol–water partition coefficient (Wildman–Crippen LogP) is -0.618. The molecule has 94 valence electrons. The smallest absolute Gasteiger partial charge is 0.322 e. The summed E-state index contributed by atoms with van der Waals surface area (Å²) in [5, 5.41) is 9.58. The number of hydrogen-bond acceptors (Lipinski definition) is 5. The van der Waals surface area contributed by atoms with E-state index in [-0.39, 0.29) is 0 Å². The summed E-state index contributed by atoms with van der Waals surface area (Å²) in [6, 6.07) is -0.483. The summed E-state index contributed by atoms with van der Waals surface area (Å²) in [5.74, 6) is -1.51. The van der Waals surface area contributed by atoms with Crippen molar-refractivity contribution in [2.45, 2.75) is 37.8 Å². The number of aliphatic hydroxyl groups is 1. The van der Waals surface area contributed by atoms with Gasteiger partial charge in [-0.15, -0.1) is 0 Å². The van der Waals surface area contributed by atoms with E-state index in [9.17, 15) is 18.3 Å². The average molecular weight is 251 g/mol. The maximum atomic E-state index is 11.5. The van der Waals surface area contributed by atoms with Gasteiger partial charge in [0.05, 0.1) is 13.2 Å². The Balaban J connectivity index is 2.54. The monoisotopic (exact) mass is 251 g/mol. The summed E-state index contributed by atoms with van der Waals surface area (Å²) in [6.07, 6.45) is 2.30. The topological polar surface area (TPSA) is 92.7 Å². The highest BCUT2D eigenvalue weighted by molar-refractivity contribution is 7.90. The second-order valence-corrected chi connectivity index (χ2v) is 5.67. The van der Waals surface area contributed by atoms with E-state index >= 15 is 0 Å². The zero-order valence-electron chi connectivity index (χ0n) is 9.18. The number of carbonyl (C=O) groups is 1. The molecular formula is C9H17NO5S. The minimum Gasteiger partial charge on any atom is -0.468 e. The molecule has 0 spiro atoms. The molecule has 1 rings (SSSR count). The summed E-state index contributed by atoms with van der Waals surface area (Å²) in [6.45, 7) is 0. The fourth-order valence-corrected chi connectivity index (χ4v) is 2.98. The highest BCUT2D eigenvalue weighted by atomic mass is 32.2. The fraction of sp³-hybridized carbons (Fsp3) is 0.889. The van der Waals surface area contributed by atoms with Gasteiger partial charge in [0.2, 0.25) is 10.0 Å². The molecule has 0 bridgehead atoms. The Bertz CT molecular complexity index is 340. The first-order valence-corrected chi connectivity index (χ1v) is 6.85. The van der Waals surface area contributed by atoms with E-state index in [1.165, 1.54) is 0 Å². The highest BCUT2D eigenvalue weighted by Gasteiger charge is 2.28. The third-order valence-electron chi connectivity index (χ3n) is 2.60. The molecule has 0 heterocycles. The molecular weight excluding hydrogens is 234 g/mol. The van der Waals surface area contributed by atoms with Crippen LogP contribution in [0.4, 0.5) is 0 Å². The van der Waals surface area contributed by atoms with Crippen molar-refractivity contribution in [2.75, 3.05) is 12.9 Å². The van der Waals surface area contributed by atoms with Gasteiger partial charge < -0.3 is 9.84 Å². The van der Waals surface area contributed by atoms with Crippen molar-refractivity contribution in [1.29, 1.82) is 0 Å². The summed E-state index contributed by atoms with van der Waals surface area (Å²) in [4.78, 5) is 10.8. The number of methoxy groups -OCH3 is 1. The summed E-state index contributed by atoms with van der Waals surface area (Å²) in [7, 11) is -2.58. The number of sulfonamides is 1. The Hall–Kier alpha value is -0.660. The third kappa shape index (κ3) is 4.07. The maximum absolute atomic E-state index is 11.5. The van der Waals surface area contributed by atoms with E-state index in [1.54, 1.807) is 0 Å². The van der Waals surface area contributed by atoms with E-state index in [0.29, 0.717) is 12.8 Å². The van der Waals surface area contributed by atoms with Gasteiger partial charge in [-0.2, -0.15) is 0 Å². The molecule has 1 fully saturated rings. The molecule has 1 saturated carbocycles. The number of ether oxygens (including phenoxy) is 1. The molecule has 0 aromatic carbocycles. The first kappa shape index (κ1) is 13.4. The van der Waals surface area contributed by atoms with Crippen molar-refractivity contribution in [3.05, 3.63) is 0 Å². The first-order chi connectivity index (χ1) is 7.44. The molecule has 1 aliphatic rings. The van der Waals surface area contributed by atoms with Crippen LogP contribution in [0, 0.1) is 0 Å². The van der Waals surface area contributed by atoms with Crippen LogP contribution >= 0.6 is 0 Å². The van der Waals surface area contributed by atoms with Gasteiger partial charge in [0.1, 0.15) is 0 Å². The highest BCUT2D eigenvalue weighted by Crippen LogP contribution is 2.18. The van der Waals surface area contributed by atoms with Gasteiger partial charge >= 0.3 is 5.97 Å². The van der Waals surface area contributed by atoms with Crippen LogP contribution in [-0.2, 0) is 19.6 Å². The van der Waals surface area contributed by atoms with E-state index in [0.717, 1.165) is 20.0 Å². The summed E-state index contributed by atoms with van der Waals surface area (Å²) in [5.41, 5.74) is 0. The standard InChI is InChI=1S/C9H17NO5S/c1-15-9(12)6-16(13,14)10-7-4-2-3-5-8(7)11/h7-8,10-11H,2-6H2,1H3/t7-,8-/m1/s1. The molecule has 0 amide bonds. The molecule has 0 saturated heterocycles. The molecule has 0 aliphatic heterocycles. The SMILES string of the molecule is COC(=O)CS(=O)(=O)N[C@@H]1CCCC[C@H]1O. The Labute approximate surface area is 95.0 Å². The van der Waals surface area contributed by atoms with Crippen LogP contribution in [0.15, 0.2) is 0 Å². The first-order valence-electron chi connectivity index (χ1n) is 5.19. The lowest BCUT2D eigenvalue weighted by Crippen LogP contribution is -2.46. The Morgan fingerprint density at radius 2 is 2.06 bits per heavy atom. The van der Waals surface area contributed by atoms with Crippen LogP contribution in [-0.4, -0.2) is 44.5 Å². The van der Waals surface area contributed by atoms with Crippen molar-refractivity contribution < 1.29 is 23.1 Å². The molecule has 0 unspecified atom stereocenters. The molecule has 16 heavy (non-hydrogen) atoms. The van der Waals surface area contributed by atoms with Gasteiger partial charge in [-0.05, 0) is 12.8 Å². The third-order valence-corrected chi connectivity index (χ3v) is 3.87. The normalized spacial score (nSPS) is 26.4. The second kappa shape index (κ2) is 5.60. The maximum Gasteiger partial charge on any atom is 0.322 e. The largest absolute Gasteiger partial charge is 0.468 e. The van der Waals surface area contributed by atoms with E-state index in [4.69, 9.17) is 0 Å². The second-order valence-electron chi connectivity index (χ2n) is 3.91. The number of rotatable bonds is 4. The summed E-state index contributed by atoms with van der Waals surface area (Å²) < 4.78 is 29.6. The lowest BCUT2D eigenvalue weighted by atomic mass is 9.93. The number of esters is 1. The molecule has 0 radical (unpaired) electrons. The Morgan fingerprint density at radius 1 is 1.44 bits per heavy atom. The van der Waals surface area contributed by atoms with Crippen LogP contribution in [0.5, 0.6) is 0 Å². The number of carbonyl (C=O) groups excluding carboxylic acids is 1. The molecule has 6 nitrogen and oxygen atoms in total. The minimum atomic E-state index is -3.71. The molecule has 1 aliphatic carbocycles. The van der Waals surface area contributed by atoms with E-state index in [1.807, 2.05) is 0 Å². The zero-order chi connectivity index (χ0) is 12.2. The molecule has 7 heteroatoms. The lowest BCUT2D eigenvalue weighted by molar-refractivity contribution is -0.137. The van der Waals surface area contributed by atoms with Gasteiger partial charge in [-0.25, -0.2) is 13.1 Å². The van der Waals surface area contributed by atoms with E-state index < -0.39 is 33.9 Å². The van der Waals surface area contributed by atoms with Crippen molar-refractivity contribution in [2.24, 2.45) is 0 Å². The van der Waals surface area contributed by atoms with Crippen molar-refractivity contribution >= 4 is 16.0 Å². The van der Waals surface area contributed by atoms with Crippen LogP contribution in [0.1, 0.15) is 25.7 Å². The number of aliphatic hydroxyl groups excluding tert-OH is 1. The molecule has 0 aromatic heterocycles. The quantitative estimate of drug-likeness (QED) is 0.650. The van der Waals surface area contributed by atoms with Gasteiger partial charge in [-0.3, -0.25) is 4.79 Å². The van der Waals surface area contributed by atoms with Crippen LogP contribution in [0.3, 0.4) is 0 Å². The van der Waals surface area contributed by atoms with Crippen molar-refractivity contribution in [3.63, 3.8) is 0 Å². The zero-order valence-corrected chi connectivity index (χ0v) is 10.00. The Kier molecular flexibility index (Phi) is 4.69. The van der Waals surface area contributed by atoms with Gasteiger partial charge in [-0.1, -0.05) is 12.8 Å². The molecule has 2 atom stereocenters. The van der Waals surface area contributed by atoms with Gasteiger partial charge in [0, 0.05) is 6.04 Å². The van der Waals surface area contributed by atoms with Crippen LogP contribution < -0.4 is 4.72 Å². The van der Waals surface area contributed by atoms with Gasteiger partial charge in [0.25, 0.3) is 0 Å². The minimum absolute atomic E-state index is 0.483. The van der Waals surface area contributed by atoms with E-state index in [2.05, 4.69) is 9.46 Å². The molecule has 2 N–H and O–H groups in total. The molecule has 0 aromatic rings. The number of hydrogen-bond donors (Lipinski definition) is 2. The van der Waals surface area contributed by atoms with Crippen LogP contribution in [0.25, 0.3) is 0 Å².